The van der Waals surface area contributed by atoms with Gasteiger partial charge in [0.15, 0.2) is 0 Å². The highest BCUT2D eigenvalue weighted by Crippen LogP contribution is 2.23. The Hall–Kier alpha value is -0.930. The molecule has 0 aliphatic rings. The highest BCUT2D eigenvalue weighted by molar-refractivity contribution is 5.19. The lowest BCUT2D eigenvalue weighted by Crippen LogP contribution is -2.21. The van der Waals surface area contributed by atoms with E-state index in [1.807, 2.05) is 19.2 Å². The molecule has 0 aromatic heterocycles. The molecule has 16 heavy (non-hydrogen) atoms. The SMILES string of the molecule is CNCCCC(c1ccc(F)cc1)N(C)C. The Morgan fingerprint density at radius 3 is 2.38 bits per heavy atom. The van der Waals surface area contributed by atoms with Crippen molar-refractivity contribution in [1.29, 1.82) is 0 Å². The van der Waals surface area contributed by atoms with Gasteiger partial charge in [-0.15, -0.1) is 0 Å². The fourth-order valence-electron chi connectivity index (χ4n) is 1.88. The predicted molar refractivity (Wildman–Crippen MR) is 66.0 cm³/mol. The van der Waals surface area contributed by atoms with Crippen LogP contribution >= 0.6 is 0 Å². The number of halogens is 1. The molecule has 90 valence electrons. The van der Waals surface area contributed by atoms with E-state index in [0.717, 1.165) is 19.4 Å². The molecule has 0 aliphatic carbocycles. The lowest BCUT2D eigenvalue weighted by Gasteiger charge is -2.24. The summed E-state index contributed by atoms with van der Waals surface area (Å²) in [4.78, 5) is 2.18. The summed E-state index contributed by atoms with van der Waals surface area (Å²) in [5.74, 6) is -0.170. The van der Waals surface area contributed by atoms with E-state index in [1.54, 1.807) is 0 Å². The van der Waals surface area contributed by atoms with Crippen molar-refractivity contribution in [3.63, 3.8) is 0 Å². The van der Waals surface area contributed by atoms with Crippen LogP contribution in [0, 0.1) is 5.82 Å². The van der Waals surface area contributed by atoms with Crippen LogP contribution in [0.5, 0.6) is 0 Å². The Labute approximate surface area is 97.5 Å². The third-order valence-electron chi connectivity index (χ3n) is 2.78. The van der Waals surface area contributed by atoms with Gasteiger partial charge in [0.25, 0.3) is 0 Å². The molecule has 1 N–H and O–H groups in total. The van der Waals surface area contributed by atoms with Crippen LogP contribution in [0.15, 0.2) is 24.3 Å². The van der Waals surface area contributed by atoms with E-state index in [9.17, 15) is 4.39 Å². The third-order valence-corrected chi connectivity index (χ3v) is 2.78. The second-order valence-electron chi connectivity index (χ2n) is 4.28. The average Bonchev–Trinajstić information content (AvgIpc) is 2.26. The molecule has 1 aromatic carbocycles. The predicted octanol–water partition coefficient (Wildman–Crippen LogP) is 2.43. The molecule has 0 radical (unpaired) electrons. The molecule has 0 heterocycles. The second-order valence-corrected chi connectivity index (χ2v) is 4.28. The molecule has 1 atom stereocenters. The van der Waals surface area contributed by atoms with E-state index in [-0.39, 0.29) is 5.82 Å². The highest BCUT2D eigenvalue weighted by atomic mass is 19.1. The first-order valence-electron chi connectivity index (χ1n) is 5.71. The Bertz CT molecular complexity index is 295. The average molecular weight is 224 g/mol. The number of nitrogens with zero attached hydrogens (tertiary/aromatic N) is 1. The van der Waals surface area contributed by atoms with Gasteiger partial charge < -0.3 is 10.2 Å². The molecule has 1 aromatic rings. The van der Waals surface area contributed by atoms with Crippen molar-refractivity contribution in [2.45, 2.75) is 18.9 Å². The first-order valence-corrected chi connectivity index (χ1v) is 5.71. The van der Waals surface area contributed by atoms with Crippen molar-refractivity contribution in [3.8, 4) is 0 Å². The Kier molecular flexibility index (Phi) is 5.43. The van der Waals surface area contributed by atoms with Crippen LogP contribution in [-0.4, -0.2) is 32.6 Å². The zero-order chi connectivity index (χ0) is 12.0. The van der Waals surface area contributed by atoms with E-state index >= 15 is 0 Å². The minimum Gasteiger partial charge on any atom is -0.320 e. The number of rotatable bonds is 6. The van der Waals surface area contributed by atoms with Gasteiger partial charge in [-0.1, -0.05) is 12.1 Å². The van der Waals surface area contributed by atoms with Crippen LogP contribution in [0.1, 0.15) is 24.4 Å². The van der Waals surface area contributed by atoms with Gasteiger partial charge in [0, 0.05) is 6.04 Å². The van der Waals surface area contributed by atoms with E-state index < -0.39 is 0 Å². The molecule has 0 aliphatic heterocycles. The number of nitrogens with one attached hydrogen (secondary N) is 1. The molecule has 3 heteroatoms. The maximum atomic E-state index is 12.8. The molecular formula is C13H21FN2. The van der Waals surface area contributed by atoms with Gasteiger partial charge in [0.2, 0.25) is 0 Å². The minimum atomic E-state index is -0.170. The number of hydrogen-bond donors (Lipinski definition) is 1. The van der Waals surface area contributed by atoms with Crippen LogP contribution in [0.4, 0.5) is 4.39 Å². The van der Waals surface area contributed by atoms with E-state index in [2.05, 4.69) is 24.3 Å². The van der Waals surface area contributed by atoms with Gasteiger partial charge in [-0.25, -0.2) is 4.39 Å². The summed E-state index contributed by atoms with van der Waals surface area (Å²) in [7, 11) is 6.09. The van der Waals surface area contributed by atoms with Crippen LogP contribution in [-0.2, 0) is 0 Å². The molecular weight excluding hydrogens is 203 g/mol. The van der Waals surface area contributed by atoms with Crippen molar-refractivity contribution < 1.29 is 4.39 Å². The van der Waals surface area contributed by atoms with Gasteiger partial charge in [-0.3, -0.25) is 0 Å². The molecule has 2 nitrogen and oxygen atoms in total. The van der Waals surface area contributed by atoms with Gasteiger partial charge in [0.1, 0.15) is 5.82 Å². The fourth-order valence-corrected chi connectivity index (χ4v) is 1.88. The van der Waals surface area contributed by atoms with Crippen LogP contribution in [0.25, 0.3) is 0 Å². The summed E-state index contributed by atoms with van der Waals surface area (Å²) in [6.07, 6.45) is 2.20. The van der Waals surface area contributed by atoms with Crippen molar-refractivity contribution in [2.24, 2.45) is 0 Å². The van der Waals surface area contributed by atoms with Crippen molar-refractivity contribution >= 4 is 0 Å². The summed E-state index contributed by atoms with van der Waals surface area (Å²) in [5, 5.41) is 3.14. The van der Waals surface area contributed by atoms with E-state index in [0.29, 0.717) is 6.04 Å². The molecule has 0 saturated heterocycles. The van der Waals surface area contributed by atoms with E-state index in [1.165, 1.54) is 17.7 Å². The topological polar surface area (TPSA) is 15.3 Å². The quantitative estimate of drug-likeness (QED) is 0.747. The smallest absolute Gasteiger partial charge is 0.123 e. The van der Waals surface area contributed by atoms with Gasteiger partial charge in [-0.2, -0.15) is 0 Å². The fraction of sp³-hybridized carbons (Fsp3) is 0.538. The highest BCUT2D eigenvalue weighted by Gasteiger charge is 2.13. The molecule has 0 spiro atoms. The van der Waals surface area contributed by atoms with Crippen LogP contribution in [0.3, 0.4) is 0 Å². The molecule has 0 fully saturated rings. The number of hydrogen-bond acceptors (Lipinski definition) is 2. The van der Waals surface area contributed by atoms with Crippen molar-refractivity contribution in [2.75, 3.05) is 27.7 Å². The van der Waals surface area contributed by atoms with Crippen molar-refractivity contribution in [3.05, 3.63) is 35.6 Å². The lowest BCUT2D eigenvalue weighted by molar-refractivity contribution is 0.278. The molecule has 0 bridgehead atoms. The Morgan fingerprint density at radius 1 is 1.25 bits per heavy atom. The minimum absolute atomic E-state index is 0.170. The molecule has 0 saturated carbocycles. The summed E-state index contributed by atoms with van der Waals surface area (Å²) in [5.41, 5.74) is 1.18. The van der Waals surface area contributed by atoms with E-state index in [4.69, 9.17) is 0 Å². The molecule has 1 rings (SSSR count). The third kappa shape index (κ3) is 3.91. The maximum Gasteiger partial charge on any atom is 0.123 e. The Morgan fingerprint density at radius 2 is 1.88 bits per heavy atom. The summed E-state index contributed by atoms with van der Waals surface area (Å²) in [6, 6.07) is 7.18. The monoisotopic (exact) mass is 224 g/mol. The first-order chi connectivity index (χ1) is 7.65. The molecule has 1 unspecified atom stereocenters. The first kappa shape index (κ1) is 13.1. The largest absolute Gasteiger partial charge is 0.320 e. The normalized spacial score (nSPS) is 13.1. The van der Waals surface area contributed by atoms with Gasteiger partial charge >= 0.3 is 0 Å². The summed E-state index contributed by atoms with van der Waals surface area (Å²) >= 11 is 0. The van der Waals surface area contributed by atoms with Crippen molar-refractivity contribution in [1.82, 2.24) is 10.2 Å². The number of benzene rings is 1. The maximum absolute atomic E-state index is 12.8. The standard InChI is InChI=1S/C13H21FN2/c1-15-10-4-5-13(16(2)3)11-6-8-12(14)9-7-11/h6-9,13,15H,4-5,10H2,1-3H3. The summed E-state index contributed by atoms with van der Waals surface area (Å²) in [6.45, 7) is 1.02. The second kappa shape index (κ2) is 6.61. The zero-order valence-corrected chi connectivity index (χ0v) is 10.3. The van der Waals surface area contributed by atoms with Gasteiger partial charge in [0.05, 0.1) is 0 Å². The Balaban J connectivity index is 2.65. The lowest BCUT2D eigenvalue weighted by atomic mass is 10.0. The van der Waals surface area contributed by atoms with Gasteiger partial charge in [-0.05, 0) is 58.2 Å². The molecule has 0 amide bonds. The zero-order valence-electron chi connectivity index (χ0n) is 10.3. The summed E-state index contributed by atoms with van der Waals surface area (Å²) < 4.78 is 12.8. The van der Waals surface area contributed by atoms with Crippen LogP contribution < -0.4 is 5.32 Å². The van der Waals surface area contributed by atoms with Crippen LogP contribution in [0.2, 0.25) is 0 Å².